The van der Waals surface area contributed by atoms with Crippen molar-refractivity contribution in [2.24, 2.45) is 17.8 Å². The number of hydrogen-bond donors (Lipinski definition) is 1. The lowest BCUT2D eigenvalue weighted by Gasteiger charge is -2.41. The zero-order valence-corrected chi connectivity index (χ0v) is 23.3. The van der Waals surface area contributed by atoms with Crippen molar-refractivity contribution in [1.82, 2.24) is 9.80 Å². The largest absolute Gasteiger partial charge is 0.394 e. The fourth-order valence-corrected chi connectivity index (χ4v) is 7.24. The van der Waals surface area contributed by atoms with Crippen molar-refractivity contribution in [3.8, 4) is 0 Å². The maximum absolute atomic E-state index is 14.6. The van der Waals surface area contributed by atoms with Gasteiger partial charge in [-0.05, 0) is 31.4 Å². The predicted molar refractivity (Wildman–Crippen MR) is 145 cm³/mol. The Kier molecular flexibility index (Phi) is 6.73. The van der Waals surface area contributed by atoms with Crippen LogP contribution in [-0.4, -0.2) is 82.7 Å². The number of ether oxygens (including phenoxy) is 1. The average Bonchev–Trinajstić information content (AvgIpc) is 3.15. The third kappa shape index (κ3) is 3.67. The number of amides is 3. The number of aliphatic hydroxyl groups is 1. The summed E-state index contributed by atoms with van der Waals surface area (Å²) in [6, 6.07) is 3.77. The zero-order chi connectivity index (χ0) is 27.6. The number of carbonyl (C=O) groups is 3. The van der Waals surface area contributed by atoms with Gasteiger partial charge in [-0.25, -0.2) is 0 Å². The van der Waals surface area contributed by atoms with Crippen LogP contribution in [-0.2, 0) is 19.1 Å². The fraction of sp³-hybridized carbons (Fsp3) is 0.552. The summed E-state index contributed by atoms with van der Waals surface area (Å²) in [5.41, 5.74) is -1.05. The van der Waals surface area contributed by atoms with Crippen molar-refractivity contribution in [3.63, 3.8) is 0 Å². The van der Waals surface area contributed by atoms with Gasteiger partial charge in [0.15, 0.2) is 0 Å². The zero-order valence-electron chi connectivity index (χ0n) is 22.6. The van der Waals surface area contributed by atoms with E-state index in [1.165, 1.54) is 4.90 Å². The number of anilines is 1. The molecule has 2 saturated heterocycles. The van der Waals surface area contributed by atoms with Gasteiger partial charge in [0.2, 0.25) is 11.8 Å². The molecule has 1 spiro atoms. The van der Waals surface area contributed by atoms with Gasteiger partial charge in [0.25, 0.3) is 5.91 Å². The Morgan fingerprint density at radius 1 is 1.11 bits per heavy atom. The lowest BCUT2D eigenvalue weighted by Crippen LogP contribution is -2.60. The van der Waals surface area contributed by atoms with Crippen LogP contribution in [0.15, 0.2) is 42.5 Å². The molecule has 2 fully saturated rings. The molecule has 8 nitrogen and oxygen atoms in total. The molecule has 1 aromatic rings. The summed E-state index contributed by atoms with van der Waals surface area (Å²) in [5.74, 6) is -2.69. The molecule has 4 heterocycles. The molecular weight excluding hydrogens is 506 g/mol. The number of nitrogens with zero attached hydrogens (tertiary/aromatic N) is 3. The maximum Gasteiger partial charge on any atom is 0.253 e. The van der Waals surface area contributed by atoms with E-state index in [1.807, 2.05) is 64.1 Å². The number of aryl methyl sites for hydroxylation is 1. The minimum absolute atomic E-state index is 0.0888. The molecular formula is C29H36ClN3O5. The van der Waals surface area contributed by atoms with E-state index in [0.29, 0.717) is 23.7 Å². The topological polar surface area (TPSA) is 90.4 Å². The summed E-state index contributed by atoms with van der Waals surface area (Å²) >= 11 is 6.61. The predicted octanol–water partition coefficient (Wildman–Crippen LogP) is 2.96. The first-order chi connectivity index (χ1) is 18.0. The van der Waals surface area contributed by atoms with Gasteiger partial charge in [0.1, 0.15) is 11.6 Å². The summed E-state index contributed by atoms with van der Waals surface area (Å²) < 4.78 is 6.83. The van der Waals surface area contributed by atoms with E-state index in [2.05, 4.69) is 0 Å². The Morgan fingerprint density at radius 3 is 2.47 bits per heavy atom. The lowest BCUT2D eigenvalue weighted by atomic mass is 9.74. The second-order valence-electron chi connectivity index (χ2n) is 11.3. The molecule has 204 valence electrons. The van der Waals surface area contributed by atoms with E-state index in [9.17, 15) is 19.5 Å². The Hall–Kier alpha value is -2.68. The van der Waals surface area contributed by atoms with Crippen molar-refractivity contribution in [3.05, 3.63) is 53.1 Å². The molecule has 0 aromatic heterocycles. The number of halogens is 1. The lowest BCUT2D eigenvalue weighted by molar-refractivity contribution is -0.152. The highest BCUT2D eigenvalue weighted by Gasteiger charge is 2.75. The average molecular weight is 542 g/mol. The molecule has 9 heteroatoms. The van der Waals surface area contributed by atoms with Crippen molar-refractivity contribution >= 4 is 35.0 Å². The molecule has 0 aliphatic carbocycles. The molecule has 0 saturated carbocycles. The first-order valence-electron chi connectivity index (χ1n) is 13.3. The molecule has 38 heavy (non-hydrogen) atoms. The number of hydrogen-bond acceptors (Lipinski definition) is 5. The van der Waals surface area contributed by atoms with Crippen LogP contribution in [0.4, 0.5) is 5.69 Å². The van der Waals surface area contributed by atoms with E-state index >= 15 is 0 Å². The van der Waals surface area contributed by atoms with E-state index in [4.69, 9.17) is 16.3 Å². The Bertz CT molecular complexity index is 1210. The molecule has 7 atom stereocenters. The molecule has 4 aliphatic heterocycles. The number of aliphatic hydroxyl groups excluding tert-OH is 1. The first kappa shape index (κ1) is 26.9. The molecule has 0 radical (unpaired) electrons. The Balaban J connectivity index is 1.72. The number of fused-ring (bicyclic) bond motifs is 2. The third-order valence-electron chi connectivity index (χ3n) is 9.00. The van der Waals surface area contributed by atoms with Gasteiger partial charge in [-0.2, -0.15) is 0 Å². The van der Waals surface area contributed by atoms with E-state index in [-0.39, 0.29) is 36.8 Å². The number of carbonyl (C=O) groups excluding carboxylic acids is 3. The minimum Gasteiger partial charge on any atom is -0.394 e. The van der Waals surface area contributed by atoms with Gasteiger partial charge < -0.3 is 24.5 Å². The fourth-order valence-electron chi connectivity index (χ4n) is 6.92. The van der Waals surface area contributed by atoms with Gasteiger partial charge in [-0.15, -0.1) is 0 Å². The molecule has 1 N–H and O–H groups in total. The normalized spacial score (nSPS) is 34.1. The van der Waals surface area contributed by atoms with Crippen LogP contribution in [0.3, 0.4) is 0 Å². The number of rotatable bonds is 5. The molecule has 3 amide bonds. The Morgan fingerprint density at radius 2 is 1.82 bits per heavy atom. The van der Waals surface area contributed by atoms with Crippen LogP contribution in [0, 0.1) is 24.7 Å². The van der Waals surface area contributed by atoms with Gasteiger partial charge in [0, 0.05) is 20.1 Å². The second kappa shape index (κ2) is 9.50. The SMILES string of the molecule is CC[C@H](C)[C@H](CO)N1C(=O)[C@@H]2[C@H]3C(=O)N(C)CC=C[C@@]3(C)O[C@@]23C=CCN(c2c(C)cccc2Cl)C(=O)C13. The van der Waals surface area contributed by atoms with Crippen molar-refractivity contribution in [2.75, 3.05) is 31.6 Å². The smallest absolute Gasteiger partial charge is 0.253 e. The molecule has 5 rings (SSSR count). The number of benzene rings is 1. The van der Waals surface area contributed by atoms with Crippen molar-refractivity contribution < 1.29 is 24.2 Å². The summed E-state index contributed by atoms with van der Waals surface area (Å²) in [5, 5.41) is 11.0. The monoisotopic (exact) mass is 541 g/mol. The van der Waals surface area contributed by atoms with Crippen LogP contribution in [0.25, 0.3) is 0 Å². The van der Waals surface area contributed by atoms with Crippen LogP contribution in [0.2, 0.25) is 5.02 Å². The summed E-state index contributed by atoms with van der Waals surface area (Å²) in [4.78, 5) is 47.6. The van der Waals surface area contributed by atoms with Gasteiger partial charge in [-0.3, -0.25) is 14.4 Å². The van der Waals surface area contributed by atoms with Crippen molar-refractivity contribution in [2.45, 2.75) is 57.4 Å². The van der Waals surface area contributed by atoms with Crippen molar-refractivity contribution in [1.29, 1.82) is 0 Å². The highest BCUT2D eigenvalue weighted by molar-refractivity contribution is 6.34. The van der Waals surface area contributed by atoms with E-state index in [0.717, 1.165) is 5.56 Å². The molecule has 0 bridgehead atoms. The van der Waals surface area contributed by atoms with Crippen LogP contribution < -0.4 is 4.90 Å². The molecule has 1 unspecified atom stereocenters. The first-order valence-corrected chi connectivity index (χ1v) is 13.7. The standard InChI is InChI=1S/C29H36ClN3O5/c1-6-17(2)20(16-34)33-24-27(37)32(23-18(3)10-7-11-19(23)30)15-9-13-29(24)22(26(33)36)21-25(35)31(5)14-8-12-28(21,4)38-29/h7-13,17,20-22,24,34H,6,14-16H2,1-5H3/t17-,20-,21-,22-,24?,28+,29-/m0/s1. The number of para-hydroxylation sites is 1. The summed E-state index contributed by atoms with van der Waals surface area (Å²) in [7, 11) is 1.71. The second-order valence-corrected chi connectivity index (χ2v) is 11.7. The number of likely N-dealkylation sites (N-methyl/N-ethyl adjacent to an activating group) is 1. The van der Waals surface area contributed by atoms with Gasteiger partial charge in [0.05, 0.1) is 40.8 Å². The quantitative estimate of drug-likeness (QED) is 0.579. The van der Waals surface area contributed by atoms with Gasteiger partial charge in [-0.1, -0.05) is 68.3 Å². The highest BCUT2D eigenvalue weighted by Crippen LogP contribution is 2.58. The van der Waals surface area contributed by atoms with E-state index < -0.39 is 35.1 Å². The van der Waals surface area contributed by atoms with E-state index in [1.54, 1.807) is 22.9 Å². The van der Waals surface area contributed by atoms with Crippen LogP contribution in [0.1, 0.15) is 32.8 Å². The third-order valence-corrected chi connectivity index (χ3v) is 9.30. The maximum atomic E-state index is 14.6. The van der Waals surface area contributed by atoms with Gasteiger partial charge >= 0.3 is 0 Å². The number of likely N-dealkylation sites (tertiary alicyclic amines) is 1. The Labute approximate surface area is 228 Å². The van der Waals surface area contributed by atoms with Crippen LogP contribution in [0.5, 0.6) is 0 Å². The summed E-state index contributed by atoms with van der Waals surface area (Å²) in [6.45, 7) is 8.00. The molecule has 4 aliphatic rings. The minimum atomic E-state index is -1.38. The summed E-state index contributed by atoms with van der Waals surface area (Å²) in [6.07, 6.45) is 8.09. The van der Waals surface area contributed by atoms with Crippen LogP contribution >= 0.6 is 11.6 Å². The highest BCUT2D eigenvalue weighted by atomic mass is 35.5. The molecule has 1 aromatic carbocycles.